The van der Waals surface area contributed by atoms with E-state index in [0.717, 1.165) is 22.3 Å². The van der Waals surface area contributed by atoms with E-state index in [9.17, 15) is 4.79 Å². The maximum Gasteiger partial charge on any atom is 0.259 e. The second-order valence-electron chi connectivity index (χ2n) is 5.11. The fourth-order valence-electron chi connectivity index (χ4n) is 2.68. The Balaban J connectivity index is 2.10. The zero-order valence-electron chi connectivity index (χ0n) is 11.5. The molecule has 0 radical (unpaired) electrons. The molecule has 0 aliphatic carbocycles. The molecule has 4 aromatic rings. The third-order valence-corrected chi connectivity index (χ3v) is 3.75. The molecule has 0 spiro atoms. The topological polar surface area (TPSA) is 50.2 Å². The minimum absolute atomic E-state index is 0.0886. The van der Waals surface area contributed by atoms with E-state index in [1.165, 1.54) is 0 Å². The molecular weight excluding hydrogens is 262 g/mol. The molecule has 0 aliphatic rings. The first-order chi connectivity index (χ1) is 10.2. The highest BCUT2D eigenvalue weighted by atomic mass is 16.1. The van der Waals surface area contributed by atoms with Crippen LogP contribution in [0.3, 0.4) is 0 Å². The number of aromatic amines is 1. The van der Waals surface area contributed by atoms with E-state index in [-0.39, 0.29) is 5.56 Å². The van der Waals surface area contributed by atoms with Gasteiger partial charge in [-0.1, -0.05) is 36.4 Å². The molecular formula is C17H13N3O. The summed E-state index contributed by atoms with van der Waals surface area (Å²) in [6.07, 6.45) is 0. The molecule has 4 heteroatoms. The lowest BCUT2D eigenvalue weighted by Gasteiger charge is -2.01. The van der Waals surface area contributed by atoms with Crippen LogP contribution >= 0.6 is 0 Å². The summed E-state index contributed by atoms with van der Waals surface area (Å²) in [6.45, 7) is 2.06. The van der Waals surface area contributed by atoms with Crippen molar-refractivity contribution in [3.8, 4) is 11.3 Å². The van der Waals surface area contributed by atoms with Crippen LogP contribution in [-0.4, -0.2) is 14.6 Å². The van der Waals surface area contributed by atoms with Crippen LogP contribution in [0.4, 0.5) is 0 Å². The van der Waals surface area contributed by atoms with Crippen molar-refractivity contribution in [2.24, 2.45) is 0 Å². The minimum atomic E-state index is -0.0886. The highest BCUT2D eigenvalue weighted by Crippen LogP contribution is 2.23. The number of nitrogens with one attached hydrogen (secondary N) is 1. The molecule has 21 heavy (non-hydrogen) atoms. The molecule has 0 atom stereocenters. The van der Waals surface area contributed by atoms with Crippen molar-refractivity contribution in [2.45, 2.75) is 6.92 Å². The fraction of sp³-hybridized carbons (Fsp3) is 0.0588. The lowest BCUT2D eigenvalue weighted by molar-refractivity contribution is 0.980. The quantitative estimate of drug-likeness (QED) is 0.580. The smallest absolute Gasteiger partial charge is 0.259 e. The predicted octanol–water partition coefficient (Wildman–Crippen LogP) is 3.15. The minimum Gasteiger partial charge on any atom is -0.306 e. The largest absolute Gasteiger partial charge is 0.306 e. The molecule has 102 valence electrons. The number of H-pyrrole nitrogens is 1. The molecule has 4 nitrogen and oxygen atoms in total. The van der Waals surface area contributed by atoms with Crippen LogP contribution in [0.5, 0.6) is 0 Å². The van der Waals surface area contributed by atoms with E-state index in [4.69, 9.17) is 0 Å². The third-order valence-electron chi connectivity index (χ3n) is 3.75. The normalized spacial score (nSPS) is 11.3. The zero-order chi connectivity index (χ0) is 14.4. The number of benzene rings is 2. The van der Waals surface area contributed by atoms with Crippen LogP contribution in [0, 0.1) is 6.92 Å². The first-order valence-electron chi connectivity index (χ1n) is 6.81. The van der Waals surface area contributed by atoms with E-state index in [1.807, 2.05) is 48.5 Å². The molecule has 0 aliphatic heterocycles. The number of aromatic nitrogens is 3. The standard InChI is InChI=1S/C17H13N3O/c1-11-6-2-3-7-12(11)14-10-16-18-17(21)13-8-4-5-9-15(13)20(16)19-14/h2-10H,1H3,(H,18,21). The summed E-state index contributed by atoms with van der Waals surface area (Å²) in [7, 11) is 0. The van der Waals surface area contributed by atoms with Crippen LogP contribution < -0.4 is 5.56 Å². The Morgan fingerprint density at radius 3 is 2.67 bits per heavy atom. The number of aryl methyl sites for hydroxylation is 1. The van der Waals surface area contributed by atoms with Gasteiger partial charge in [0.1, 0.15) is 5.65 Å². The second-order valence-corrected chi connectivity index (χ2v) is 5.11. The average molecular weight is 275 g/mol. The van der Waals surface area contributed by atoms with Crippen molar-refractivity contribution in [1.82, 2.24) is 14.6 Å². The summed E-state index contributed by atoms with van der Waals surface area (Å²) >= 11 is 0. The monoisotopic (exact) mass is 275 g/mol. The summed E-state index contributed by atoms with van der Waals surface area (Å²) in [5.41, 5.74) is 4.53. The Kier molecular flexibility index (Phi) is 2.44. The summed E-state index contributed by atoms with van der Waals surface area (Å²) in [5.74, 6) is 0. The molecule has 0 amide bonds. The van der Waals surface area contributed by atoms with Gasteiger partial charge < -0.3 is 4.98 Å². The third kappa shape index (κ3) is 1.76. The molecule has 2 heterocycles. The Morgan fingerprint density at radius 2 is 1.81 bits per heavy atom. The SMILES string of the molecule is Cc1ccccc1-c1cc2[nH]c(=O)c3ccccc3n2n1. The van der Waals surface area contributed by atoms with Gasteiger partial charge in [0.05, 0.1) is 16.6 Å². The van der Waals surface area contributed by atoms with Gasteiger partial charge in [-0.3, -0.25) is 4.79 Å². The van der Waals surface area contributed by atoms with Crippen molar-refractivity contribution < 1.29 is 0 Å². The average Bonchev–Trinajstić information content (AvgIpc) is 2.92. The van der Waals surface area contributed by atoms with E-state index >= 15 is 0 Å². The Morgan fingerprint density at radius 1 is 1.05 bits per heavy atom. The van der Waals surface area contributed by atoms with Crippen molar-refractivity contribution in [2.75, 3.05) is 0 Å². The van der Waals surface area contributed by atoms with Gasteiger partial charge in [0.2, 0.25) is 0 Å². The van der Waals surface area contributed by atoms with Crippen LogP contribution in [-0.2, 0) is 0 Å². The Bertz CT molecular complexity index is 1030. The number of nitrogens with zero attached hydrogens (tertiary/aromatic N) is 2. The molecule has 2 aromatic heterocycles. The number of hydrogen-bond acceptors (Lipinski definition) is 2. The van der Waals surface area contributed by atoms with E-state index < -0.39 is 0 Å². The van der Waals surface area contributed by atoms with Crippen LogP contribution in [0.15, 0.2) is 59.4 Å². The highest BCUT2D eigenvalue weighted by molar-refractivity contribution is 5.81. The van der Waals surface area contributed by atoms with Gasteiger partial charge in [0.15, 0.2) is 0 Å². The first-order valence-corrected chi connectivity index (χ1v) is 6.81. The van der Waals surface area contributed by atoms with Gasteiger partial charge in [-0.05, 0) is 24.6 Å². The second kappa shape index (κ2) is 4.31. The summed E-state index contributed by atoms with van der Waals surface area (Å²) in [6, 6.07) is 17.5. The predicted molar refractivity (Wildman–Crippen MR) is 83.5 cm³/mol. The van der Waals surface area contributed by atoms with Gasteiger partial charge in [-0.25, -0.2) is 4.52 Å². The summed E-state index contributed by atoms with van der Waals surface area (Å²) < 4.78 is 1.79. The Labute approximate surface area is 120 Å². The number of fused-ring (bicyclic) bond motifs is 3. The van der Waals surface area contributed by atoms with Gasteiger partial charge in [-0.15, -0.1) is 0 Å². The van der Waals surface area contributed by atoms with Crippen molar-refractivity contribution in [1.29, 1.82) is 0 Å². The summed E-state index contributed by atoms with van der Waals surface area (Å²) in [4.78, 5) is 15.0. The number of para-hydroxylation sites is 1. The van der Waals surface area contributed by atoms with Gasteiger partial charge in [0.25, 0.3) is 5.56 Å². The zero-order valence-corrected chi connectivity index (χ0v) is 11.5. The van der Waals surface area contributed by atoms with Crippen molar-refractivity contribution in [3.05, 3.63) is 70.5 Å². The van der Waals surface area contributed by atoms with E-state index in [1.54, 1.807) is 4.52 Å². The molecule has 0 unspecified atom stereocenters. The van der Waals surface area contributed by atoms with Crippen molar-refractivity contribution >= 4 is 16.6 Å². The van der Waals surface area contributed by atoms with E-state index in [2.05, 4.69) is 23.1 Å². The van der Waals surface area contributed by atoms with Crippen LogP contribution in [0.2, 0.25) is 0 Å². The highest BCUT2D eigenvalue weighted by Gasteiger charge is 2.10. The van der Waals surface area contributed by atoms with Crippen LogP contribution in [0.1, 0.15) is 5.56 Å². The molecule has 1 N–H and O–H groups in total. The van der Waals surface area contributed by atoms with Gasteiger partial charge in [0, 0.05) is 11.6 Å². The van der Waals surface area contributed by atoms with Crippen molar-refractivity contribution in [3.63, 3.8) is 0 Å². The Hall–Kier alpha value is -2.88. The fourth-order valence-corrected chi connectivity index (χ4v) is 2.68. The lowest BCUT2D eigenvalue weighted by atomic mass is 10.1. The maximum absolute atomic E-state index is 12.1. The molecule has 4 rings (SSSR count). The van der Waals surface area contributed by atoms with Crippen LogP contribution in [0.25, 0.3) is 27.8 Å². The molecule has 0 saturated heterocycles. The maximum atomic E-state index is 12.1. The van der Waals surface area contributed by atoms with E-state index in [0.29, 0.717) is 11.0 Å². The van der Waals surface area contributed by atoms with Gasteiger partial charge >= 0.3 is 0 Å². The van der Waals surface area contributed by atoms with Gasteiger partial charge in [-0.2, -0.15) is 5.10 Å². The first kappa shape index (κ1) is 11.9. The lowest BCUT2D eigenvalue weighted by Crippen LogP contribution is -2.09. The molecule has 0 bridgehead atoms. The summed E-state index contributed by atoms with van der Waals surface area (Å²) in [5, 5.41) is 5.30. The molecule has 2 aromatic carbocycles. The molecule has 0 saturated carbocycles. The number of rotatable bonds is 1. The molecule has 0 fully saturated rings. The number of hydrogen-bond donors (Lipinski definition) is 1.